The van der Waals surface area contributed by atoms with Crippen LogP contribution in [-0.2, 0) is 11.3 Å². The third kappa shape index (κ3) is 6.12. The first-order chi connectivity index (χ1) is 12.0. The first kappa shape index (κ1) is 19.4. The van der Waals surface area contributed by atoms with Gasteiger partial charge in [0.25, 0.3) is 0 Å². The Hall–Kier alpha value is -1.95. The van der Waals surface area contributed by atoms with Gasteiger partial charge >= 0.3 is 0 Å². The van der Waals surface area contributed by atoms with Crippen LogP contribution in [0.15, 0.2) is 36.4 Å². The third-order valence-electron chi connectivity index (χ3n) is 3.45. The molecule has 2 aromatic carbocycles. The van der Waals surface area contributed by atoms with Crippen molar-refractivity contribution in [3.63, 3.8) is 0 Å². The molecule has 0 atom stereocenters. The SMILES string of the molecule is COc1ccc(CNCCC(=O)Nc2cc(Cl)cc(Cl)c2)cc1OC. The fraction of sp³-hybridized carbons (Fsp3) is 0.278. The first-order valence-electron chi connectivity index (χ1n) is 7.69. The molecule has 0 saturated heterocycles. The zero-order valence-corrected chi connectivity index (χ0v) is 15.6. The van der Waals surface area contributed by atoms with E-state index in [9.17, 15) is 4.79 Å². The van der Waals surface area contributed by atoms with Gasteiger partial charge in [0.2, 0.25) is 5.91 Å². The number of ether oxygens (including phenoxy) is 2. The van der Waals surface area contributed by atoms with Crippen molar-refractivity contribution in [2.75, 3.05) is 26.1 Å². The summed E-state index contributed by atoms with van der Waals surface area (Å²) < 4.78 is 10.5. The molecule has 0 unspecified atom stereocenters. The molecule has 5 nitrogen and oxygen atoms in total. The summed E-state index contributed by atoms with van der Waals surface area (Å²) in [5.74, 6) is 1.25. The second-order valence-electron chi connectivity index (χ2n) is 5.32. The Labute approximate surface area is 157 Å². The van der Waals surface area contributed by atoms with Gasteiger partial charge in [0.05, 0.1) is 14.2 Å². The van der Waals surface area contributed by atoms with Gasteiger partial charge in [0.15, 0.2) is 11.5 Å². The predicted molar refractivity (Wildman–Crippen MR) is 101 cm³/mol. The molecular weight excluding hydrogens is 363 g/mol. The Bertz CT molecular complexity index is 718. The molecule has 7 heteroatoms. The van der Waals surface area contributed by atoms with Crippen molar-refractivity contribution >= 4 is 34.8 Å². The molecule has 0 aliphatic carbocycles. The zero-order valence-electron chi connectivity index (χ0n) is 14.1. The lowest BCUT2D eigenvalue weighted by molar-refractivity contribution is -0.116. The lowest BCUT2D eigenvalue weighted by Gasteiger charge is -2.10. The smallest absolute Gasteiger partial charge is 0.225 e. The van der Waals surface area contributed by atoms with Gasteiger partial charge < -0.3 is 20.1 Å². The average molecular weight is 383 g/mol. The maximum atomic E-state index is 12.0. The van der Waals surface area contributed by atoms with Gasteiger partial charge in [-0.25, -0.2) is 0 Å². The minimum absolute atomic E-state index is 0.113. The van der Waals surface area contributed by atoms with Crippen molar-refractivity contribution in [2.45, 2.75) is 13.0 Å². The van der Waals surface area contributed by atoms with Gasteiger partial charge in [-0.1, -0.05) is 29.3 Å². The highest BCUT2D eigenvalue weighted by Gasteiger charge is 2.06. The van der Waals surface area contributed by atoms with Crippen molar-refractivity contribution in [2.24, 2.45) is 0 Å². The van der Waals surface area contributed by atoms with Gasteiger partial charge in [-0.15, -0.1) is 0 Å². The second kappa shape index (κ2) is 9.51. The van der Waals surface area contributed by atoms with Gasteiger partial charge in [-0.2, -0.15) is 0 Å². The number of nitrogens with one attached hydrogen (secondary N) is 2. The van der Waals surface area contributed by atoms with E-state index in [0.29, 0.717) is 46.7 Å². The van der Waals surface area contributed by atoms with Gasteiger partial charge in [0, 0.05) is 35.2 Å². The summed E-state index contributed by atoms with van der Waals surface area (Å²) in [7, 11) is 3.20. The molecule has 2 aromatic rings. The van der Waals surface area contributed by atoms with Crippen LogP contribution in [0, 0.1) is 0 Å². The fourth-order valence-electron chi connectivity index (χ4n) is 2.27. The Kier molecular flexibility index (Phi) is 7.37. The number of anilines is 1. The normalized spacial score (nSPS) is 10.4. The molecule has 0 fully saturated rings. The van der Waals surface area contributed by atoms with Crippen molar-refractivity contribution in [3.05, 3.63) is 52.0 Å². The maximum absolute atomic E-state index is 12.0. The number of hydrogen-bond donors (Lipinski definition) is 2. The average Bonchev–Trinajstić information content (AvgIpc) is 2.57. The van der Waals surface area contributed by atoms with E-state index in [0.717, 1.165) is 5.56 Å². The molecule has 2 rings (SSSR count). The maximum Gasteiger partial charge on any atom is 0.225 e. The van der Waals surface area contributed by atoms with Crippen LogP contribution in [0.2, 0.25) is 10.0 Å². The summed E-state index contributed by atoms with van der Waals surface area (Å²) in [5, 5.41) is 6.95. The van der Waals surface area contributed by atoms with Gasteiger partial charge in [-0.05, 0) is 35.9 Å². The van der Waals surface area contributed by atoms with E-state index in [1.165, 1.54) is 0 Å². The second-order valence-corrected chi connectivity index (χ2v) is 6.20. The van der Waals surface area contributed by atoms with Crippen LogP contribution >= 0.6 is 23.2 Å². The summed E-state index contributed by atoms with van der Waals surface area (Å²) in [6.45, 7) is 1.16. The van der Waals surface area contributed by atoms with Crippen LogP contribution < -0.4 is 20.1 Å². The standard InChI is InChI=1S/C18H20Cl2N2O3/c1-24-16-4-3-12(7-17(16)25-2)11-21-6-5-18(23)22-15-9-13(19)8-14(20)10-15/h3-4,7-10,21H,5-6,11H2,1-2H3,(H,22,23). The number of carbonyl (C=O) groups is 1. The molecular formula is C18H20Cl2N2O3. The number of rotatable bonds is 8. The fourth-order valence-corrected chi connectivity index (χ4v) is 2.80. The Morgan fingerprint density at radius 3 is 2.32 bits per heavy atom. The van der Waals surface area contributed by atoms with Crippen LogP contribution in [0.4, 0.5) is 5.69 Å². The Morgan fingerprint density at radius 2 is 1.68 bits per heavy atom. The number of benzene rings is 2. The highest BCUT2D eigenvalue weighted by atomic mass is 35.5. The monoisotopic (exact) mass is 382 g/mol. The topological polar surface area (TPSA) is 59.6 Å². The summed E-state index contributed by atoms with van der Waals surface area (Å²) in [5.41, 5.74) is 1.63. The molecule has 25 heavy (non-hydrogen) atoms. The molecule has 2 N–H and O–H groups in total. The minimum Gasteiger partial charge on any atom is -0.493 e. The van der Waals surface area contributed by atoms with Crippen LogP contribution in [0.25, 0.3) is 0 Å². The number of halogens is 2. The van der Waals surface area contributed by atoms with E-state index in [-0.39, 0.29) is 5.91 Å². The summed E-state index contributed by atoms with van der Waals surface area (Å²) in [6, 6.07) is 10.6. The summed E-state index contributed by atoms with van der Waals surface area (Å²) in [4.78, 5) is 12.0. The number of hydrogen-bond acceptors (Lipinski definition) is 4. The highest BCUT2D eigenvalue weighted by Crippen LogP contribution is 2.27. The lowest BCUT2D eigenvalue weighted by Crippen LogP contribution is -2.21. The first-order valence-corrected chi connectivity index (χ1v) is 8.45. The summed E-state index contributed by atoms with van der Waals surface area (Å²) >= 11 is 11.8. The van der Waals surface area contributed by atoms with Crippen molar-refractivity contribution in [1.29, 1.82) is 0 Å². The third-order valence-corrected chi connectivity index (χ3v) is 3.89. The van der Waals surface area contributed by atoms with Crippen LogP contribution in [0.5, 0.6) is 11.5 Å². The zero-order chi connectivity index (χ0) is 18.2. The van der Waals surface area contributed by atoms with Crippen LogP contribution in [-0.4, -0.2) is 26.7 Å². The number of methoxy groups -OCH3 is 2. The quantitative estimate of drug-likeness (QED) is 0.673. The number of carbonyl (C=O) groups excluding carboxylic acids is 1. The van der Waals surface area contributed by atoms with Crippen molar-refractivity contribution < 1.29 is 14.3 Å². The molecule has 0 radical (unpaired) electrons. The van der Waals surface area contributed by atoms with E-state index in [4.69, 9.17) is 32.7 Å². The molecule has 0 aliphatic heterocycles. The minimum atomic E-state index is -0.113. The van der Waals surface area contributed by atoms with Crippen molar-refractivity contribution in [3.8, 4) is 11.5 Å². The molecule has 0 spiro atoms. The van der Waals surface area contributed by atoms with E-state index >= 15 is 0 Å². The van der Waals surface area contributed by atoms with Gasteiger partial charge in [-0.3, -0.25) is 4.79 Å². The lowest BCUT2D eigenvalue weighted by atomic mass is 10.2. The molecule has 134 valence electrons. The predicted octanol–water partition coefficient (Wildman–Crippen LogP) is 4.13. The Balaban J connectivity index is 1.78. The Morgan fingerprint density at radius 1 is 1.00 bits per heavy atom. The molecule has 0 aliphatic rings. The van der Waals surface area contributed by atoms with Crippen molar-refractivity contribution in [1.82, 2.24) is 5.32 Å². The largest absolute Gasteiger partial charge is 0.493 e. The highest BCUT2D eigenvalue weighted by molar-refractivity contribution is 6.35. The molecule has 0 saturated carbocycles. The number of amides is 1. The molecule has 0 aromatic heterocycles. The van der Waals surface area contributed by atoms with Gasteiger partial charge in [0.1, 0.15) is 0 Å². The summed E-state index contributed by atoms with van der Waals surface area (Å²) in [6.07, 6.45) is 0.331. The van der Waals surface area contributed by atoms with Crippen LogP contribution in [0.1, 0.15) is 12.0 Å². The van der Waals surface area contributed by atoms with E-state index in [1.807, 2.05) is 18.2 Å². The van der Waals surface area contributed by atoms with E-state index in [2.05, 4.69) is 10.6 Å². The molecule has 0 bridgehead atoms. The molecule has 1 amide bonds. The van der Waals surface area contributed by atoms with E-state index in [1.54, 1.807) is 32.4 Å². The van der Waals surface area contributed by atoms with Crippen LogP contribution in [0.3, 0.4) is 0 Å². The van der Waals surface area contributed by atoms with E-state index < -0.39 is 0 Å². The molecule has 0 heterocycles.